The summed E-state index contributed by atoms with van der Waals surface area (Å²) in [5, 5.41) is 14.4. The Labute approximate surface area is 223 Å². The van der Waals surface area contributed by atoms with Crippen LogP contribution in [0.15, 0.2) is 89.4 Å². The molecule has 10 heteroatoms. The van der Waals surface area contributed by atoms with Crippen molar-refractivity contribution in [2.75, 3.05) is 36.7 Å². The van der Waals surface area contributed by atoms with Crippen molar-refractivity contribution in [3.05, 3.63) is 95.0 Å². The van der Waals surface area contributed by atoms with Gasteiger partial charge in [-0.3, -0.25) is 10.1 Å². The van der Waals surface area contributed by atoms with Gasteiger partial charge in [-0.05, 0) is 60.2 Å². The number of benzene rings is 3. The first-order valence-corrected chi connectivity index (χ1v) is 12.1. The molecule has 0 heterocycles. The molecule has 3 rings (SSSR count). The maximum absolute atomic E-state index is 12.8. The van der Waals surface area contributed by atoms with E-state index in [4.69, 9.17) is 25.1 Å². The van der Waals surface area contributed by atoms with Gasteiger partial charge < -0.3 is 30.4 Å². The second-order valence-corrected chi connectivity index (χ2v) is 8.65. The summed E-state index contributed by atoms with van der Waals surface area (Å²) in [4.78, 5) is 25.3. The molecule has 0 aliphatic carbocycles. The van der Waals surface area contributed by atoms with Gasteiger partial charge in [0.05, 0.1) is 18.0 Å². The molecule has 5 N–H and O–H groups in total. The minimum atomic E-state index is -0.904. The molecule has 0 radical (unpaired) electrons. The van der Waals surface area contributed by atoms with Gasteiger partial charge in [0.2, 0.25) is 5.91 Å². The summed E-state index contributed by atoms with van der Waals surface area (Å²) in [7, 11) is 1.45. The van der Waals surface area contributed by atoms with Crippen LogP contribution >= 0.6 is 15.9 Å². The van der Waals surface area contributed by atoms with Gasteiger partial charge in [0.25, 0.3) is 0 Å². The summed E-state index contributed by atoms with van der Waals surface area (Å²) in [6.45, 7) is 0.0380. The Hall–Kier alpha value is -3.86. The predicted molar refractivity (Wildman–Crippen MR) is 145 cm³/mol. The van der Waals surface area contributed by atoms with E-state index >= 15 is 0 Å². The first kappa shape index (κ1) is 27.7. The van der Waals surface area contributed by atoms with Crippen molar-refractivity contribution < 1.29 is 28.9 Å². The minimum Gasteiger partial charge on any atom is -0.491 e. The van der Waals surface area contributed by atoms with Crippen molar-refractivity contribution in [3.63, 3.8) is 0 Å². The minimum absolute atomic E-state index is 0.114. The van der Waals surface area contributed by atoms with Gasteiger partial charge in [-0.2, -0.15) is 0 Å². The predicted octanol–water partition coefficient (Wildman–Crippen LogP) is 4.90. The van der Waals surface area contributed by atoms with Crippen LogP contribution in [-0.4, -0.2) is 43.5 Å². The van der Waals surface area contributed by atoms with Gasteiger partial charge in [-0.25, -0.2) is 4.79 Å². The third-order valence-corrected chi connectivity index (χ3v) is 5.65. The average molecular weight is 570 g/mol. The molecular formula is C27H28BrN3O6. The SMILES string of the molecule is CO[C@H](/C=C/C(=O)Nc1ccccc1N)[C@H](OC(=O)Nc1ccc(Br)cc1)c1ccc(OCCO)cc1. The summed E-state index contributed by atoms with van der Waals surface area (Å²) in [6.07, 6.45) is 0.381. The summed E-state index contributed by atoms with van der Waals surface area (Å²) in [5.41, 5.74) is 7.95. The van der Waals surface area contributed by atoms with Gasteiger partial charge in [0.15, 0.2) is 6.10 Å². The van der Waals surface area contributed by atoms with Crippen LogP contribution in [0.4, 0.5) is 21.9 Å². The van der Waals surface area contributed by atoms with Gasteiger partial charge in [0.1, 0.15) is 18.5 Å². The van der Waals surface area contributed by atoms with E-state index in [1.54, 1.807) is 72.8 Å². The number of aliphatic hydroxyl groups is 1. The topological polar surface area (TPSA) is 132 Å². The van der Waals surface area contributed by atoms with E-state index in [2.05, 4.69) is 26.6 Å². The second-order valence-electron chi connectivity index (χ2n) is 7.73. The molecule has 0 spiro atoms. The zero-order valence-corrected chi connectivity index (χ0v) is 21.7. The fourth-order valence-corrected chi connectivity index (χ4v) is 3.57. The second kappa shape index (κ2) is 14.0. The summed E-state index contributed by atoms with van der Waals surface area (Å²) in [5.74, 6) is 0.117. The average Bonchev–Trinajstić information content (AvgIpc) is 2.90. The zero-order valence-electron chi connectivity index (χ0n) is 20.1. The fourth-order valence-electron chi connectivity index (χ4n) is 3.31. The van der Waals surface area contributed by atoms with Crippen molar-refractivity contribution in [1.82, 2.24) is 0 Å². The highest BCUT2D eigenvalue weighted by Crippen LogP contribution is 2.27. The highest BCUT2D eigenvalue weighted by atomic mass is 79.9. The number of methoxy groups -OCH3 is 1. The zero-order chi connectivity index (χ0) is 26.6. The van der Waals surface area contributed by atoms with E-state index in [0.717, 1.165) is 4.47 Å². The molecule has 2 atom stereocenters. The molecule has 0 saturated heterocycles. The largest absolute Gasteiger partial charge is 0.491 e. The maximum Gasteiger partial charge on any atom is 0.412 e. The third-order valence-electron chi connectivity index (χ3n) is 5.12. The van der Waals surface area contributed by atoms with E-state index in [-0.39, 0.29) is 13.2 Å². The van der Waals surface area contributed by atoms with Crippen LogP contribution in [0.5, 0.6) is 5.75 Å². The number of ether oxygens (including phenoxy) is 3. The number of anilines is 3. The van der Waals surface area contributed by atoms with E-state index in [1.807, 2.05) is 0 Å². The Kier molecular flexibility index (Phi) is 10.5. The molecule has 194 valence electrons. The number of hydrogen-bond acceptors (Lipinski definition) is 7. The number of amides is 2. The van der Waals surface area contributed by atoms with Crippen LogP contribution in [0.2, 0.25) is 0 Å². The summed E-state index contributed by atoms with van der Waals surface area (Å²) >= 11 is 3.35. The van der Waals surface area contributed by atoms with E-state index in [0.29, 0.717) is 28.4 Å². The molecule has 9 nitrogen and oxygen atoms in total. The Morgan fingerprint density at radius 1 is 1.03 bits per heavy atom. The molecular weight excluding hydrogens is 542 g/mol. The first-order valence-electron chi connectivity index (χ1n) is 11.3. The van der Waals surface area contributed by atoms with Crippen molar-refractivity contribution in [3.8, 4) is 5.75 Å². The monoisotopic (exact) mass is 569 g/mol. The molecule has 3 aromatic carbocycles. The number of carbonyl (C=O) groups excluding carboxylic acids is 2. The lowest BCUT2D eigenvalue weighted by Gasteiger charge is -2.24. The number of para-hydroxylation sites is 2. The number of carbonyl (C=O) groups is 2. The summed E-state index contributed by atoms with van der Waals surface area (Å²) in [6, 6.07) is 20.7. The Morgan fingerprint density at radius 3 is 2.38 bits per heavy atom. The number of halogens is 1. The lowest BCUT2D eigenvalue weighted by Crippen LogP contribution is -2.27. The number of aliphatic hydroxyl groups excluding tert-OH is 1. The van der Waals surface area contributed by atoms with Crippen molar-refractivity contribution in [2.24, 2.45) is 0 Å². The third kappa shape index (κ3) is 8.64. The molecule has 37 heavy (non-hydrogen) atoms. The van der Waals surface area contributed by atoms with E-state index < -0.39 is 24.2 Å². The number of hydrogen-bond donors (Lipinski definition) is 4. The molecule has 2 amide bonds. The molecule has 0 aliphatic rings. The normalized spacial score (nSPS) is 12.5. The molecule has 0 aliphatic heterocycles. The van der Waals surface area contributed by atoms with Gasteiger partial charge in [-0.1, -0.05) is 40.2 Å². The lowest BCUT2D eigenvalue weighted by molar-refractivity contribution is -0.112. The molecule has 0 bridgehead atoms. The molecule has 0 fully saturated rings. The quantitative estimate of drug-likeness (QED) is 0.190. The van der Waals surface area contributed by atoms with Crippen molar-refractivity contribution in [1.29, 1.82) is 0 Å². The number of nitrogen functional groups attached to an aromatic ring is 1. The van der Waals surface area contributed by atoms with Gasteiger partial charge in [0, 0.05) is 23.3 Å². The molecule has 3 aromatic rings. The standard InChI is InChI=1S/C27H28BrN3O6/c1-35-24(14-15-25(33)31-23-5-3-2-4-22(23)29)26(18-6-12-21(13-7-18)36-17-16-32)37-27(34)30-20-10-8-19(28)9-11-20/h2-15,24,26,32H,16-17,29H2,1H3,(H,30,34)(H,31,33)/b15-14+/t24-,26-/m1/s1. The lowest BCUT2D eigenvalue weighted by atomic mass is 10.0. The molecule has 0 saturated carbocycles. The number of nitrogens with two attached hydrogens (primary N) is 1. The maximum atomic E-state index is 12.8. The van der Waals surface area contributed by atoms with Gasteiger partial charge >= 0.3 is 6.09 Å². The smallest absolute Gasteiger partial charge is 0.412 e. The van der Waals surface area contributed by atoms with Crippen LogP contribution in [-0.2, 0) is 14.3 Å². The van der Waals surface area contributed by atoms with Crippen LogP contribution in [0, 0.1) is 0 Å². The van der Waals surface area contributed by atoms with Crippen molar-refractivity contribution >= 4 is 45.0 Å². The fraction of sp³-hybridized carbons (Fsp3) is 0.185. The van der Waals surface area contributed by atoms with E-state index in [9.17, 15) is 9.59 Å². The Bertz CT molecular complexity index is 1200. The van der Waals surface area contributed by atoms with Crippen LogP contribution < -0.4 is 21.1 Å². The molecule has 0 aromatic heterocycles. The highest BCUT2D eigenvalue weighted by molar-refractivity contribution is 9.10. The van der Waals surface area contributed by atoms with E-state index in [1.165, 1.54) is 19.3 Å². The highest BCUT2D eigenvalue weighted by Gasteiger charge is 2.26. The van der Waals surface area contributed by atoms with Crippen LogP contribution in [0.25, 0.3) is 0 Å². The first-order chi connectivity index (χ1) is 17.9. The Morgan fingerprint density at radius 2 is 1.73 bits per heavy atom. The van der Waals surface area contributed by atoms with Crippen molar-refractivity contribution in [2.45, 2.75) is 12.2 Å². The van der Waals surface area contributed by atoms with Crippen LogP contribution in [0.3, 0.4) is 0 Å². The number of rotatable bonds is 11. The summed E-state index contributed by atoms with van der Waals surface area (Å²) < 4.78 is 17.6. The van der Waals surface area contributed by atoms with Gasteiger partial charge in [-0.15, -0.1) is 0 Å². The number of nitrogens with one attached hydrogen (secondary N) is 2. The Balaban J connectivity index is 1.79. The van der Waals surface area contributed by atoms with Crippen LogP contribution in [0.1, 0.15) is 11.7 Å². The molecule has 0 unspecified atom stereocenters.